The van der Waals surface area contributed by atoms with Crippen LogP contribution in [0.4, 0.5) is 5.69 Å². The van der Waals surface area contributed by atoms with Gasteiger partial charge in [0.15, 0.2) is 0 Å². The standard InChI is InChI=1S/C17H20N2O4S/c1-13-10-14-6-3-4-8-16(14)19(13)17(20)12-18(24(2,21)22)11-15-7-5-9-23-15/h3-9,13H,10-12H2,1-2H3. The quantitative estimate of drug-likeness (QED) is 0.829. The van der Waals surface area contributed by atoms with Crippen molar-refractivity contribution in [1.82, 2.24) is 4.31 Å². The predicted molar refractivity (Wildman–Crippen MR) is 91.1 cm³/mol. The molecule has 7 heteroatoms. The fourth-order valence-corrected chi connectivity index (χ4v) is 3.75. The van der Waals surface area contributed by atoms with Gasteiger partial charge in [-0.2, -0.15) is 4.31 Å². The Labute approximate surface area is 141 Å². The molecule has 0 N–H and O–H groups in total. The molecule has 2 heterocycles. The lowest BCUT2D eigenvalue weighted by molar-refractivity contribution is -0.119. The van der Waals surface area contributed by atoms with Gasteiger partial charge in [0.05, 0.1) is 25.6 Å². The molecule has 0 bridgehead atoms. The van der Waals surface area contributed by atoms with Crippen molar-refractivity contribution in [3.63, 3.8) is 0 Å². The van der Waals surface area contributed by atoms with E-state index in [0.717, 1.165) is 28.2 Å². The van der Waals surface area contributed by atoms with Crippen LogP contribution in [0.5, 0.6) is 0 Å². The van der Waals surface area contributed by atoms with Gasteiger partial charge in [0, 0.05) is 11.7 Å². The maximum Gasteiger partial charge on any atom is 0.242 e. The number of rotatable bonds is 5. The van der Waals surface area contributed by atoms with Gasteiger partial charge in [-0.15, -0.1) is 0 Å². The Morgan fingerprint density at radius 3 is 2.71 bits per heavy atom. The third-order valence-electron chi connectivity index (χ3n) is 4.17. The molecule has 0 aliphatic carbocycles. The zero-order chi connectivity index (χ0) is 17.3. The molecule has 0 saturated heterocycles. The van der Waals surface area contributed by atoms with Gasteiger partial charge in [0.1, 0.15) is 5.76 Å². The fourth-order valence-electron chi connectivity index (χ4n) is 3.04. The zero-order valence-electron chi connectivity index (χ0n) is 13.7. The minimum absolute atomic E-state index is 0.0138. The van der Waals surface area contributed by atoms with E-state index in [1.54, 1.807) is 17.0 Å². The minimum atomic E-state index is -3.53. The molecule has 2 aromatic rings. The Bertz CT molecular complexity index is 830. The largest absolute Gasteiger partial charge is 0.468 e. The first-order chi connectivity index (χ1) is 11.4. The Morgan fingerprint density at radius 2 is 2.04 bits per heavy atom. The summed E-state index contributed by atoms with van der Waals surface area (Å²) >= 11 is 0. The summed E-state index contributed by atoms with van der Waals surface area (Å²) in [6.45, 7) is 1.80. The van der Waals surface area contributed by atoms with Crippen LogP contribution in [0, 0.1) is 0 Å². The van der Waals surface area contributed by atoms with E-state index in [1.807, 2.05) is 31.2 Å². The second-order valence-electron chi connectivity index (χ2n) is 6.06. The van der Waals surface area contributed by atoms with Crippen LogP contribution in [-0.2, 0) is 27.8 Å². The van der Waals surface area contributed by atoms with Crippen LogP contribution in [0.25, 0.3) is 0 Å². The van der Waals surface area contributed by atoms with E-state index in [1.165, 1.54) is 6.26 Å². The SMILES string of the molecule is CC1Cc2ccccc2N1C(=O)CN(Cc1ccco1)S(C)(=O)=O. The Kier molecular flexibility index (Phi) is 4.47. The number of carbonyl (C=O) groups excluding carboxylic acids is 1. The van der Waals surface area contributed by atoms with Crippen LogP contribution in [-0.4, -0.2) is 37.5 Å². The van der Waals surface area contributed by atoms with Crippen LogP contribution in [0.2, 0.25) is 0 Å². The lowest BCUT2D eigenvalue weighted by Crippen LogP contribution is -2.44. The minimum Gasteiger partial charge on any atom is -0.468 e. The molecular formula is C17H20N2O4S. The summed E-state index contributed by atoms with van der Waals surface area (Å²) < 4.78 is 30.5. The average Bonchev–Trinajstić information content (AvgIpc) is 3.11. The molecule has 1 aliphatic rings. The highest BCUT2D eigenvalue weighted by molar-refractivity contribution is 7.88. The van der Waals surface area contributed by atoms with Crippen molar-refractivity contribution in [2.24, 2.45) is 0 Å². The molecule has 128 valence electrons. The van der Waals surface area contributed by atoms with Gasteiger partial charge >= 0.3 is 0 Å². The van der Waals surface area contributed by atoms with Gasteiger partial charge in [-0.1, -0.05) is 18.2 Å². The normalized spacial score (nSPS) is 17.3. The highest BCUT2D eigenvalue weighted by Crippen LogP contribution is 2.32. The predicted octanol–water partition coefficient (Wildman–Crippen LogP) is 2.02. The maximum atomic E-state index is 12.8. The van der Waals surface area contributed by atoms with Crippen molar-refractivity contribution < 1.29 is 17.6 Å². The second kappa shape index (κ2) is 6.41. The monoisotopic (exact) mass is 348 g/mol. The molecule has 3 rings (SSSR count). The first kappa shape index (κ1) is 16.7. The molecular weight excluding hydrogens is 328 g/mol. The number of amides is 1. The maximum absolute atomic E-state index is 12.8. The summed E-state index contributed by atoms with van der Waals surface area (Å²) in [5, 5.41) is 0. The number of furan rings is 1. The van der Waals surface area contributed by atoms with Crippen molar-refractivity contribution in [3.05, 3.63) is 54.0 Å². The number of carbonyl (C=O) groups is 1. The molecule has 1 aromatic heterocycles. The van der Waals surface area contributed by atoms with Gasteiger partial charge < -0.3 is 9.32 Å². The van der Waals surface area contributed by atoms with Crippen LogP contribution < -0.4 is 4.90 Å². The van der Waals surface area contributed by atoms with Gasteiger partial charge in [-0.05, 0) is 37.1 Å². The molecule has 6 nitrogen and oxygen atoms in total. The molecule has 1 aliphatic heterocycles. The van der Waals surface area contributed by atoms with Gasteiger partial charge in [0.2, 0.25) is 15.9 Å². The highest BCUT2D eigenvalue weighted by atomic mass is 32.2. The Hall–Kier alpha value is -2.12. The lowest BCUT2D eigenvalue weighted by atomic mass is 10.1. The van der Waals surface area contributed by atoms with Crippen molar-refractivity contribution >= 4 is 21.6 Å². The molecule has 0 spiro atoms. The summed E-state index contributed by atoms with van der Waals surface area (Å²) in [5.41, 5.74) is 1.97. The molecule has 24 heavy (non-hydrogen) atoms. The topological polar surface area (TPSA) is 70.8 Å². The lowest BCUT2D eigenvalue weighted by Gasteiger charge is -2.26. The number of anilines is 1. The number of nitrogens with zero attached hydrogens (tertiary/aromatic N) is 2. The second-order valence-corrected chi connectivity index (χ2v) is 8.04. The first-order valence-electron chi connectivity index (χ1n) is 7.73. The average molecular weight is 348 g/mol. The molecule has 0 fully saturated rings. The summed E-state index contributed by atoms with van der Waals surface area (Å²) in [5.74, 6) is 0.271. The first-order valence-corrected chi connectivity index (χ1v) is 9.58. The van der Waals surface area contributed by atoms with E-state index in [9.17, 15) is 13.2 Å². The van der Waals surface area contributed by atoms with Gasteiger partial charge in [0.25, 0.3) is 0 Å². The molecule has 0 radical (unpaired) electrons. The molecule has 1 amide bonds. The number of sulfonamides is 1. The summed E-state index contributed by atoms with van der Waals surface area (Å²) in [6, 6.07) is 11.1. The summed E-state index contributed by atoms with van der Waals surface area (Å²) in [6.07, 6.45) is 3.36. The van der Waals surface area contributed by atoms with Crippen LogP contribution in [0.3, 0.4) is 0 Å². The highest BCUT2D eigenvalue weighted by Gasteiger charge is 2.33. The summed E-state index contributed by atoms with van der Waals surface area (Å²) in [7, 11) is -3.53. The number of benzene rings is 1. The molecule has 1 aromatic carbocycles. The number of fused-ring (bicyclic) bond motifs is 1. The zero-order valence-corrected chi connectivity index (χ0v) is 14.5. The van der Waals surface area contributed by atoms with Crippen LogP contribution in [0.15, 0.2) is 47.1 Å². The number of hydrogen-bond acceptors (Lipinski definition) is 4. The van der Waals surface area contributed by atoms with E-state index >= 15 is 0 Å². The smallest absolute Gasteiger partial charge is 0.242 e. The van der Waals surface area contributed by atoms with Crippen LogP contribution in [0.1, 0.15) is 18.2 Å². The Balaban J connectivity index is 1.81. The van der Waals surface area contributed by atoms with E-state index in [4.69, 9.17) is 4.42 Å². The van der Waals surface area contributed by atoms with Gasteiger partial charge in [-0.25, -0.2) is 8.42 Å². The Morgan fingerprint density at radius 1 is 1.29 bits per heavy atom. The molecule has 0 saturated carbocycles. The van der Waals surface area contributed by atoms with E-state index < -0.39 is 10.0 Å². The van der Waals surface area contributed by atoms with Crippen molar-refractivity contribution in [2.75, 3.05) is 17.7 Å². The molecule has 1 unspecified atom stereocenters. The fraction of sp³-hybridized carbons (Fsp3) is 0.353. The van der Waals surface area contributed by atoms with Gasteiger partial charge in [-0.3, -0.25) is 4.79 Å². The summed E-state index contributed by atoms with van der Waals surface area (Å²) in [4.78, 5) is 14.5. The van der Waals surface area contributed by atoms with E-state index in [0.29, 0.717) is 5.76 Å². The molecule has 1 atom stereocenters. The van der Waals surface area contributed by atoms with E-state index in [2.05, 4.69) is 0 Å². The third-order valence-corrected chi connectivity index (χ3v) is 5.37. The number of para-hydroxylation sites is 1. The van der Waals surface area contributed by atoms with Crippen molar-refractivity contribution in [2.45, 2.75) is 25.9 Å². The van der Waals surface area contributed by atoms with E-state index in [-0.39, 0.29) is 25.0 Å². The van der Waals surface area contributed by atoms with Crippen LogP contribution >= 0.6 is 0 Å². The third kappa shape index (κ3) is 3.37. The van der Waals surface area contributed by atoms with Crippen molar-refractivity contribution in [1.29, 1.82) is 0 Å². The number of hydrogen-bond donors (Lipinski definition) is 0. The van der Waals surface area contributed by atoms with Crippen molar-refractivity contribution in [3.8, 4) is 0 Å².